The van der Waals surface area contributed by atoms with Crippen LogP contribution in [0.15, 0.2) is 5.29 Å². The van der Waals surface area contributed by atoms with Crippen LogP contribution in [0.3, 0.4) is 0 Å². The second-order valence-electron chi connectivity index (χ2n) is 4.59. The largest absolute Gasteiger partial charge is 0.394 e. The number of ether oxygens (including phenoxy) is 2. The summed E-state index contributed by atoms with van der Waals surface area (Å²) in [5, 5.41) is 31.5. The van der Waals surface area contributed by atoms with E-state index in [-0.39, 0.29) is 13.2 Å². The molecule has 1 aliphatic heterocycles. The number of alkyl halides is 1. The van der Waals surface area contributed by atoms with Crippen LogP contribution >= 0.6 is 0 Å². The van der Waals surface area contributed by atoms with Gasteiger partial charge in [0, 0.05) is 13.7 Å². The molecule has 0 aromatic rings. The number of carbonyl (C=O) groups excluding carboxylic acids is 1. The molecule has 0 unspecified atom stereocenters. The lowest BCUT2D eigenvalue weighted by atomic mass is 10.1. The normalized spacial score (nSPS) is 27.7. The minimum absolute atomic E-state index is 0.0422. The lowest BCUT2D eigenvalue weighted by molar-refractivity contribution is -0.0875. The molecule has 22 heavy (non-hydrogen) atoms. The maximum atomic E-state index is 12.3. The van der Waals surface area contributed by atoms with Gasteiger partial charge < -0.3 is 24.8 Å². The van der Waals surface area contributed by atoms with Gasteiger partial charge in [0.15, 0.2) is 6.23 Å². The van der Waals surface area contributed by atoms with Gasteiger partial charge in [-0.05, 0) is 0 Å². The van der Waals surface area contributed by atoms with Crippen LogP contribution in [-0.4, -0.2) is 95.9 Å². The van der Waals surface area contributed by atoms with Crippen molar-refractivity contribution in [3.8, 4) is 0 Å². The molecule has 1 saturated heterocycles. The number of hydrogen-bond acceptors (Lipinski definition) is 8. The Balaban J connectivity index is 2.92. The molecule has 0 saturated carbocycles. The Morgan fingerprint density at radius 1 is 1.36 bits per heavy atom. The molecular formula is C11H20FN3O7. The van der Waals surface area contributed by atoms with Crippen molar-refractivity contribution in [1.29, 1.82) is 0 Å². The molecule has 0 aromatic heterocycles. The van der Waals surface area contributed by atoms with Gasteiger partial charge in [-0.1, -0.05) is 0 Å². The van der Waals surface area contributed by atoms with Gasteiger partial charge in [0.2, 0.25) is 0 Å². The van der Waals surface area contributed by atoms with Crippen LogP contribution in [0.25, 0.3) is 0 Å². The van der Waals surface area contributed by atoms with E-state index in [9.17, 15) is 24.3 Å². The monoisotopic (exact) mass is 325 g/mol. The number of amides is 2. The molecule has 11 heteroatoms. The van der Waals surface area contributed by atoms with Crippen molar-refractivity contribution >= 4 is 6.03 Å². The van der Waals surface area contributed by atoms with E-state index < -0.39 is 50.4 Å². The Morgan fingerprint density at radius 2 is 2.05 bits per heavy atom. The fourth-order valence-electron chi connectivity index (χ4n) is 2.06. The number of methoxy groups -OCH3 is 1. The van der Waals surface area contributed by atoms with Crippen molar-refractivity contribution in [2.45, 2.75) is 24.5 Å². The number of hydrogen-bond donors (Lipinski definition) is 3. The first-order valence-corrected chi connectivity index (χ1v) is 6.60. The highest BCUT2D eigenvalue weighted by molar-refractivity contribution is 5.74. The Morgan fingerprint density at radius 3 is 2.50 bits per heavy atom. The fraction of sp³-hybridized carbons (Fsp3) is 0.909. The van der Waals surface area contributed by atoms with Crippen molar-refractivity contribution in [3.63, 3.8) is 0 Å². The summed E-state index contributed by atoms with van der Waals surface area (Å²) in [6.45, 7) is -2.16. The molecule has 1 rings (SSSR count). The molecule has 1 fully saturated rings. The number of urea groups is 1. The predicted octanol–water partition coefficient (Wildman–Crippen LogP) is -1.55. The summed E-state index contributed by atoms with van der Waals surface area (Å²) < 4.78 is 22.4. The van der Waals surface area contributed by atoms with E-state index in [4.69, 9.17) is 14.6 Å². The van der Waals surface area contributed by atoms with Gasteiger partial charge in [-0.2, -0.15) is 5.01 Å². The molecule has 2 amide bonds. The molecule has 0 bridgehead atoms. The maximum absolute atomic E-state index is 12.3. The van der Waals surface area contributed by atoms with E-state index in [2.05, 4.69) is 5.29 Å². The third-order valence-corrected chi connectivity index (χ3v) is 3.22. The summed E-state index contributed by atoms with van der Waals surface area (Å²) in [6, 6.07) is -1.00. The van der Waals surface area contributed by atoms with Gasteiger partial charge >= 0.3 is 6.03 Å². The molecular weight excluding hydrogens is 305 g/mol. The molecule has 0 aliphatic carbocycles. The zero-order valence-corrected chi connectivity index (χ0v) is 12.0. The van der Waals surface area contributed by atoms with Crippen molar-refractivity contribution in [1.82, 2.24) is 9.91 Å². The standard InChI is InChI=1S/C11H20FN3O7/c1-21-5-4-14(11(19)15(13-20)3-2-12)10-9(18)8(17)7(6-16)22-10/h7-10,16-18H,2-6H2,1H3/t7-,8-,9-,10-/m1/s1. The number of aliphatic hydroxyl groups excluding tert-OH is 3. The average Bonchev–Trinajstić information content (AvgIpc) is 2.81. The third-order valence-electron chi connectivity index (χ3n) is 3.22. The number of nitrogens with zero attached hydrogens (tertiary/aromatic N) is 3. The second kappa shape index (κ2) is 8.90. The zero-order chi connectivity index (χ0) is 16.7. The Hall–Kier alpha value is -1.40. The SMILES string of the molecule is COCCN(C(=O)N(CCF)N=O)[C@@H]1O[C@H](CO)[C@@H](O)[C@H]1O. The van der Waals surface area contributed by atoms with Crippen molar-refractivity contribution in [3.05, 3.63) is 4.91 Å². The van der Waals surface area contributed by atoms with Crippen molar-refractivity contribution < 1.29 is 34.0 Å². The summed E-state index contributed by atoms with van der Waals surface area (Å²) in [5.41, 5.74) is 0. The van der Waals surface area contributed by atoms with Crippen LogP contribution in [0.4, 0.5) is 9.18 Å². The number of carbonyl (C=O) groups is 1. The molecule has 1 aliphatic rings. The highest BCUT2D eigenvalue weighted by Gasteiger charge is 2.47. The van der Waals surface area contributed by atoms with Crippen LogP contribution in [0.2, 0.25) is 0 Å². The average molecular weight is 325 g/mol. The van der Waals surface area contributed by atoms with Crippen LogP contribution in [-0.2, 0) is 9.47 Å². The quantitative estimate of drug-likeness (QED) is 0.363. The summed E-state index contributed by atoms with van der Waals surface area (Å²) in [7, 11) is 1.37. The lowest BCUT2D eigenvalue weighted by Gasteiger charge is -2.31. The van der Waals surface area contributed by atoms with Gasteiger partial charge in [-0.25, -0.2) is 9.18 Å². The first-order valence-electron chi connectivity index (χ1n) is 6.60. The van der Waals surface area contributed by atoms with Crippen LogP contribution in [0.1, 0.15) is 0 Å². The fourth-order valence-corrected chi connectivity index (χ4v) is 2.06. The molecule has 0 aromatic carbocycles. The summed E-state index contributed by atoms with van der Waals surface area (Å²) >= 11 is 0. The van der Waals surface area contributed by atoms with Gasteiger partial charge in [0.05, 0.1) is 25.0 Å². The van der Waals surface area contributed by atoms with Crippen molar-refractivity contribution in [2.24, 2.45) is 5.29 Å². The Labute approximate surface area is 126 Å². The van der Waals surface area contributed by atoms with Gasteiger partial charge in [-0.15, -0.1) is 4.91 Å². The van der Waals surface area contributed by atoms with E-state index >= 15 is 0 Å². The second-order valence-corrected chi connectivity index (χ2v) is 4.59. The summed E-state index contributed by atoms with van der Waals surface area (Å²) in [5.74, 6) is 0. The predicted molar refractivity (Wildman–Crippen MR) is 70.2 cm³/mol. The molecule has 128 valence electrons. The van der Waals surface area contributed by atoms with Crippen molar-refractivity contribution in [2.75, 3.05) is 40.1 Å². The Bertz CT molecular complexity index is 376. The van der Waals surface area contributed by atoms with Gasteiger partial charge in [-0.3, -0.25) is 4.90 Å². The Kier molecular flexibility index (Phi) is 7.55. The van der Waals surface area contributed by atoms with E-state index in [0.717, 1.165) is 4.90 Å². The summed E-state index contributed by atoms with van der Waals surface area (Å²) in [4.78, 5) is 23.7. The highest BCUT2D eigenvalue weighted by Crippen LogP contribution is 2.25. The van der Waals surface area contributed by atoms with Crippen LogP contribution < -0.4 is 0 Å². The molecule has 0 radical (unpaired) electrons. The minimum atomic E-state index is -1.50. The van der Waals surface area contributed by atoms with Crippen LogP contribution in [0, 0.1) is 4.91 Å². The molecule has 10 nitrogen and oxygen atoms in total. The zero-order valence-electron chi connectivity index (χ0n) is 12.0. The summed E-state index contributed by atoms with van der Waals surface area (Å²) in [6.07, 6.45) is -5.32. The first kappa shape index (κ1) is 18.6. The topological polar surface area (TPSA) is 132 Å². The molecule has 3 N–H and O–H groups in total. The van der Waals surface area contributed by atoms with E-state index in [1.165, 1.54) is 7.11 Å². The van der Waals surface area contributed by atoms with Gasteiger partial charge in [0.1, 0.15) is 25.0 Å². The molecule has 4 atom stereocenters. The number of rotatable bonds is 8. The molecule has 0 spiro atoms. The number of aliphatic hydroxyl groups is 3. The van der Waals surface area contributed by atoms with E-state index in [0.29, 0.717) is 5.01 Å². The highest BCUT2D eigenvalue weighted by atomic mass is 19.1. The third kappa shape index (κ3) is 4.08. The van der Waals surface area contributed by atoms with E-state index in [1.54, 1.807) is 0 Å². The number of nitroso groups, excluding NO2 is 1. The van der Waals surface area contributed by atoms with Gasteiger partial charge in [0.25, 0.3) is 0 Å². The lowest BCUT2D eigenvalue weighted by Crippen LogP contribution is -2.52. The molecule has 1 heterocycles. The minimum Gasteiger partial charge on any atom is -0.394 e. The first-order chi connectivity index (χ1) is 10.5. The van der Waals surface area contributed by atoms with Crippen LogP contribution in [0.5, 0.6) is 0 Å². The number of halogens is 1. The smallest absolute Gasteiger partial charge is 0.345 e. The maximum Gasteiger partial charge on any atom is 0.345 e. The van der Waals surface area contributed by atoms with E-state index in [1.807, 2.05) is 0 Å².